The van der Waals surface area contributed by atoms with Gasteiger partial charge in [0.1, 0.15) is 11.4 Å². The number of rotatable bonds is 3. The van der Waals surface area contributed by atoms with Gasteiger partial charge in [-0.2, -0.15) is 0 Å². The van der Waals surface area contributed by atoms with Crippen LogP contribution in [0, 0.1) is 0 Å². The molecule has 0 unspecified atom stereocenters. The first kappa shape index (κ1) is 11.9. The van der Waals surface area contributed by atoms with Gasteiger partial charge in [-0.05, 0) is 12.1 Å². The Morgan fingerprint density at radius 1 is 1.53 bits per heavy atom. The first-order valence-electron chi connectivity index (χ1n) is 3.89. The molecule has 0 atom stereocenters. The first-order valence-corrected chi connectivity index (χ1v) is 6.37. The summed E-state index contributed by atoms with van der Waals surface area (Å²) < 4.78 is 26.0. The summed E-state index contributed by atoms with van der Waals surface area (Å²) in [4.78, 5) is 14.9. The molecule has 0 spiro atoms. The molecule has 0 aliphatic carbocycles. The predicted octanol–water partition coefficient (Wildman–Crippen LogP) is 0.937. The predicted molar refractivity (Wildman–Crippen MR) is 54.1 cm³/mol. The molecule has 1 aromatic heterocycles. The molecule has 7 heteroatoms. The van der Waals surface area contributed by atoms with Crippen molar-refractivity contribution in [2.75, 3.05) is 7.11 Å². The van der Waals surface area contributed by atoms with Crippen molar-refractivity contribution in [2.45, 2.75) is 5.75 Å². The number of methoxy groups -OCH3 is 1. The Morgan fingerprint density at radius 3 is 2.73 bits per heavy atom. The average Bonchev–Trinajstić information content (AvgIpc) is 2.14. The fourth-order valence-electron chi connectivity index (χ4n) is 0.955. The fraction of sp³-hybridized carbons (Fsp3) is 0.250. The lowest BCUT2D eigenvalue weighted by Crippen LogP contribution is -2.07. The first-order chi connectivity index (χ1) is 6.92. The minimum absolute atomic E-state index is 0.0512. The zero-order valence-corrected chi connectivity index (χ0v) is 9.38. The molecule has 0 bridgehead atoms. The fourth-order valence-corrected chi connectivity index (χ4v) is 1.80. The normalized spacial score (nSPS) is 11.1. The van der Waals surface area contributed by atoms with E-state index in [4.69, 9.17) is 10.7 Å². The van der Waals surface area contributed by atoms with Crippen molar-refractivity contribution in [1.29, 1.82) is 0 Å². The van der Waals surface area contributed by atoms with E-state index < -0.39 is 20.8 Å². The third-order valence-corrected chi connectivity index (χ3v) is 2.49. The minimum Gasteiger partial charge on any atom is -0.464 e. The lowest BCUT2D eigenvalue weighted by atomic mass is 10.3. The summed E-state index contributed by atoms with van der Waals surface area (Å²) >= 11 is 0. The topological polar surface area (TPSA) is 73.3 Å². The van der Waals surface area contributed by atoms with Crippen LogP contribution in [-0.4, -0.2) is 26.5 Å². The van der Waals surface area contributed by atoms with Crippen molar-refractivity contribution in [1.82, 2.24) is 4.98 Å². The largest absolute Gasteiger partial charge is 0.464 e. The van der Waals surface area contributed by atoms with Gasteiger partial charge in [0.15, 0.2) is 0 Å². The molecule has 0 saturated carbocycles. The van der Waals surface area contributed by atoms with Crippen LogP contribution >= 0.6 is 10.7 Å². The molecule has 82 valence electrons. The molecular formula is C8H8ClNO4S. The lowest BCUT2D eigenvalue weighted by Gasteiger charge is -2.00. The van der Waals surface area contributed by atoms with Gasteiger partial charge in [0.25, 0.3) is 0 Å². The summed E-state index contributed by atoms with van der Waals surface area (Å²) in [6.07, 6.45) is 0. The van der Waals surface area contributed by atoms with Crippen LogP contribution in [0.4, 0.5) is 0 Å². The number of hydrogen-bond donors (Lipinski definition) is 0. The average molecular weight is 250 g/mol. The highest BCUT2D eigenvalue weighted by Gasteiger charge is 2.11. The number of pyridine rings is 1. The van der Waals surface area contributed by atoms with Crippen molar-refractivity contribution < 1.29 is 17.9 Å². The summed E-state index contributed by atoms with van der Waals surface area (Å²) in [5.74, 6) is -1.04. The van der Waals surface area contributed by atoms with E-state index in [0.29, 0.717) is 0 Å². The second kappa shape index (κ2) is 4.59. The molecule has 0 aromatic carbocycles. The van der Waals surface area contributed by atoms with Gasteiger partial charge < -0.3 is 4.74 Å². The zero-order chi connectivity index (χ0) is 11.5. The van der Waals surface area contributed by atoms with Gasteiger partial charge in [0.05, 0.1) is 12.8 Å². The Morgan fingerprint density at radius 2 is 2.20 bits per heavy atom. The molecule has 0 fully saturated rings. The standard InChI is InChI=1S/C8H8ClNO4S/c1-14-8(11)7-4-2-3-6(10-7)5-15(9,12)13/h2-4H,5H2,1H3. The summed E-state index contributed by atoms with van der Waals surface area (Å²) in [5.41, 5.74) is 0.253. The van der Waals surface area contributed by atoms with E-state index >= 15 is 0 Å². The summed E-state index contributed by atoms with van der Waals surface area (Å²) in [7, 11) is 2.60. The zero-order valence-electron chi connectivity index (χ0n) is 7.81. The van der Waals surface area contributed by atoms with Gasteiger partial charge in [0.2, 0.25) is 9.05 Å². The van der Waals surface area contributed by atoms with Crippen molar-refractivity contribution in [3.8, 4) is 0 Å². The van der Waals surface area contributed by atoms with Gasteiger partial charge in [-0.25, -0.2) is 18.2 Å². The maximum absolute atomic E-state index is 11.1. The monoisotopic (exact) mass is 249 g/mol. The van der Waals surface area contributed by atoms with Crippen LogP contribution in [0.25, 0.3) is 0 Å². The van der Waals surface area contributed by atoms with Crippen LogP contribution in [0.2, 0.25) is 0 Å². The Hall–Kier alpha value is -1.14. The smallest absolute Gasteiger partial charge is 0.356 e. The highest BCUT2D eigenvalue weighted by atomic mass is 35.7. The molecule has 5 nitrogen and oxygen atoms in total. The second-order valence-corrected chi connectivity index (χ2v) is 5.47. The van der Waals surface area contributed by atoms with E-state index in [9.17, 15) is 13.2 Å². The van der Waals surface area contributed by atoms with E-state index in [1.54, 1.807) is 0 Å². The van der Waals surface area contributed by atoms with Gasteiger partial charge in [-0.3, -0.25) is 0 Å². The van der Waals surface area contributed by atoms with Gasteiger partial charge in [-0.1, -0.05) is 6.07 Å². The van der Waals surface area contributed by atoms with Crippen LogP contribution in [0.5, 0.6) is 0 Å². The summed E-state index contributed by atoms with van der Waals surface area (Å²) in [5, 5.41) is 0. The number of nitrogens with zero attached hydrogens (tertiary/aromatic N) is 1. The van der Waals surface area contributed by atoms with Gasteiger partial charge >= 0.3 is 5.97 Å². The quantitative estimate of drug-likeness (QED) is 0.589. The number of carbonyl (C=O) groups excluding carboxylic acids is 1. The van der Waals surface area contributed by atoms with E-state index in [0.717, 1.165) is 0 Å². The molecule has 0 radical (unpaired) electrons. The number of hydrogen-bond acceptors (Lipinski definition) is 5. The van der Waals surface area contributed by atoms with Crippen molar-refractivity contribution in [3.05, 3.63) is 29.6 Å². The van der Waals surface area contributed by atoms with Crippen LogP contribution in [0.1, 0.15) is 16.2 Å². The van der Waals surface area contributed by atoms with Crippen molar-refractivity contribution >= 4 is 25.7 Å². The third-order valence-electron chi connectivity index (χ3n) is 1.52. The number of aromatic nitrogens is 1. The Labute approximate surface area is 91.5 Å². The molecule has 0 aliphatic rings. The number of carbonyl (C=O) groups is 1. The Kier molecular flexibility index (Phi) is 3.65. The molecule has 0 amide bonds. The molecule has 0 saturated heterocycles. The SMILES string of the molecule is COC(=O)c1cccc(CS(=O)(=O)Cl)n1. The highest BCUT2D eigenvalue weighted by molar-refractivity contribution is 8.13. The molecule has 1 rings (SSSR count). The van der Waals surface area contributed by atoms with Crippen molar-refractivity contribution in [3.63, 3.8) is 0 Å². The van der Waals surface area contributed by atoms with Gasteiger partial charge in [-0.15, -0.1) is 0 Å². The minimum atomic E-state index is -3.67. The van der Waals surface area contributed by atoms with Crippen LogP contribution < -0.4 is 0 Å². The molecule has 0 N–H and O–H groups in total. The molecular weight excluding hydrogens is 242 g/mol. The summed E-state index contributed by atoms with van der Waals surface area (Å²) in [6, 6.07) is 4.40. The third kappa shape index (κ3) is 3.85. The van der Waals surface area contributed by atoms with E-state index in [2.05, 4.69) is 9.72 Å². The Balaban J connectivity index is 2.98. The van der Waals surface area contributed by atoms with Crippen molar-refractivity contribution in [2.24, 2.45) is 0 Å². The molecule has 15 heavy (non-hydrogen) atoms. The number of halogens is 1. The molecule has 0 aliphatic heterocycles. The molecule has 1 heterocycles. The summed E-state index contributed by atoms with van der Waals surface area (Å²) in [6.45, 7) is 0. The van der Waals surface area contributed by atoms with Crippen LogP contribution in [0.3, 0.4) is 0 Å². The lowest BCUT2D eigenvalue weighted by molar-refractivity contribution is 0.0593. The van der Waals surface area contributed by atoms with E-state index in [1.807, 2.05) is 0 Å². The van der Waals surface area contributed by atoms with Gasteiger partial charge in [0, 0.05) is 10.7 Å². The second-order valence-electron chi connectivity index (χ2n) is 2.69. The maximum Gasteiger partial charge on any atom is 0.356 e. The highest BCUT2D eigenvalue weighted by Crippen LogP contribution is 2.08. The Bertz CT molecular complexity index is 471. The van der Waals surface area contributed by atoms with Crippen LogP contribution in [0.15, 0.2) is 18.2 Å². The maximum atomic E-state index is 11.1. The van der Waals surface area contributed by atoms with Crippen LogP contribution in [-0.2, 0) is 19.5 Å². The van der Waals surface area contributed by atoms with E-state index in [1.165, 1.54) is 25.3 Å². The number of esters is 1. The number of ether oxygens (including phenoxy) is 1. The molecule has 1 aromatic rings. The van der Waals surface area contributed by atoms with E-state index in [-0.39, 0.29) is 11.4 Å².